The number of aliphatic hydroxyl groups excluding tert-OH is 1. The Morgan fingerprint density at radius 1 is 1.17 bits per heavy atom. The van der Waals surface area contributed by atoms with Gasteiger partial charge in [-0.2, -0.15) is 4.98 Å². The van der Waals surface area contributed by atoms with Gasteiger partial charge in [0.05, 0.1) is 0 Å². The highest BCUT2D eigenvalue weighted by Crippen LogP contribution is 2.32. The van der Waals surface area contributed by atoms with E-state index >= 15 is 0 Å². The first kappa shape index (κ1) is 16.4. The Bertz CT molecular complexity index is 505. The largest absolute Gasteiger partial charge is 0.383 e. The van der Waals surface area contributed by atoms with Gasteiger partial charge in [-0.3, -0.25) is 4.79 Å². The van der Waals surface area contributed by atoms with Crippen molar-refractivity contribution in [1.29, 1.82) is 0 Å². The number of aromatic nitrogens is 2. The third kappa shape index (κ3) is 4.31. The van der Waals surface area contributed by atoms with Gasteiger partial charge in [0.2, 0.25) is 11.8 Å². The van der Waals surface area contributed by atoms with Gasteiger partial charge in [0.1, 0.15) is 6.10 Å². The average molecular weight is 321 g/mol. The fraction of sp³-hybridized carbons (Fsp3) is 0.824. The fourth-order valence-corrected chi connectivity index (χ4v) is 3.77. The topological polar surface area (TPSA) is 88.3 Å². The summed E-state index contributed by atoms with van der Waals surface area (Å²) in [6.07, 6.45) is 9.73. The molecular formula is C17H27N3O3. The van der Waals surface area contributed by atoms with Crippen molar-refractivity contribution in [3.05, 3.63) is 11.7 Å². The van der Waals surface area contributed by atoms with Crippen molar-refractivity contribution in [2.24, 2.45) is 5.92 Å². The van der Waals surface area contributed by atoms with Crippen LogP contribution in [0.4, 0.5) is 0 Å². The number of carbonyl (C=O) groups excluding carboxylic acids is 1. The van der Waals surface area contributed by atoms with E-state index in [4.69, 9.17) is 4.52 Å². The maximum absolute atomic E-state index is 12.0. The number of nitrogens with zero attached hydrogens (tertiary/aromatic N) is 2. The van der Waals surface area contributed by atoms with E-state index in [-0.39, 0.29) is 11.8 Å². The minimum Gasteiger partial charge on any atom is -0.383 e. The number of carbonyl (C=O) groups is 1. The van der Waals surface area contributed by atoms with Gasteiger partial charge in [0.25, 0.3) is 0 Å². The highest BCUT2D eigenvalue weighted by Gasteiger charge is 2.27. The van der Waals surface area contributed by atoms with Crippen LogP contribution in [-0.4, -0.2) is 33.8 Å². The number of hydrogen-bond acceptors (Lipinski definition) is 5. The third-order valence-corrected chi connectivity index (χ3v) is 5.20. The van der Waals surface area contributed by atoms with Crippen LogP contribution in [-0.2, 0) is 11.2 Å². The first-order valence-corrected chi connectivity index (χ1v) is 9.02. The summed E-state index contributed by atoms with van der Waals surface area (Å²) in [5.74, 6) is 1.64. The van der Waals surface area contributed by atoms with Gasteiger partial charge in [-0.15, -0.1) is 0 Å². The lowest BCUT2D eigenvalue weighted by atomic mass is 9.85. The van der Waals surface area contributed by atoms with Crippen LogP contribution in [0.15, 0.2) is 4.52 Å². The fourth-order valence-electron chi connectivity index (χ4n) is 3.77. The van der Waals surface area contributed by atoms with Crippen LogP contribution in [0.1, 0.15) is 75.4 Å². The number of aliphatic hydroxyl groups is 1. The molecule has 23 heavy (non-hydrogen) atoms. The summed E-state index contributed by atoms with van der Waals surface area (Å²) in [7, 11) is 0. The predicted molar refractivity (Wildman–Crippen MR) is 84.8 cm³/mol. The first-order chi connectivity index (χ1) is 11.2. The van der Waals surface area contributed by atoms with Crippen molar-refractivity contribution in [2.75, 3.05) is 6.54 Å². The van der Waals surface area contributed by atoms with Crippen LogP contribution in [0.5, 0.6) is 0 Å². The molecule has 1 amide bonds. The summed E-state index contributed by atoms with van der Waals surface area (Å²) in [6.45, 7) is 0.437. The Morgan fingerprint density at radius 3 is 2.61 bits per heavy atom. The quantitative estimate of drug-likeness (QED) is 0.839. The smallest absolute Gasteiger partial charge is 0.249 e. The van der Waals surface area contributed by atoms with Crippen LogP contribution < -0.4 is 5.32 Å². The van der Waals surface area contributed by atoms with E-state index < -0.39 is 6.10 Å². The van der Waals surface area contributed by atoms with Gasteiger partial charge in [-0.1, -0.05) is 37.3 Å². The Morgan fingerprint density at radius 2 is 1.87 bits per heavy atom. The maximum Gasteiger partial charge on any atom is 0.249 e. The predicted octanol–water partition coefficient (Wildman–Crippen LogP) is 2.33. The summed E-state index contributed by atoms with van der Waals surface area (Å²) in [6, 6.07) is 0. The number of nitrogens with one attached hydrogen (secondary N) is 1. The highest BCUT2D eigenvalue weighted by atomic mass is 16.5. The minimum atomic E-state index is -0.880. The molecule has 2 fully saturated rings. The molecule has 1 aromatic rings. The summed E-state index contributed by atoms with van der Waals surface area (Å²) in [4.78, 5) is 16.5. The molecule has 1 atom stereocenters. The lowest BCUT2D eigenvalue weighted by Gasteiger charge is -2.25. The molecule has 2 N–H and O–H groups in total. The summed E-state index contributed by atoms with van der Waals surface area (Å²) < 4.78 is 5.33. The molecule has 0 aromatic carbocycles. The summed E-state index contributed by atoms with van der Waals surface area (Å²) >= 11 is 0. The second-order valence-electron chi connectivity index (χ2n) is 6.91. The molecular weight excluding hydrogens is 294 g/mol. The Hall–Kier alpha value is -1.43. The van der Waals surface area contributed by atoms with Crippen LogP contribution in [0, 0.1) is 5.92 Å². The van der Waals surface area contributed by atoms with E-state index in [9.17, 15) is 9.90 Å². The van der Waals surface area contributed by atoms with Crippen LogP contribution in [0.2, 0.25) is 0 Å². The summed E-state index contributed by atoms with van der Waals surface area (Å²) in [5, 5.41) is 16.9. The molecule has 0 aliphatic heterocycles. The molecule has 6 heteroatoms. The molecule has 2 aliphatic rings. The van der Waals surface area contributed by atoms with Crippen molar-refractivity contribution in [3.63, 3.8) is 0 Å². The van der Waals surface area contributed by atoms with Gasteiger partial charge in [0, 0.05) is 18.9 Å². The molecule has 0 spiro atoms. The maximum atomic E-state index is 12.0. The number of rotatable bonds is 6. The zero-order chi connectivity index (χ0) is 16.1. The number of hydrogen-bond donors (Lipinski definition) is 2. The Balaban J connectivity index is 1.41. The van der Waals surface area contributed by atoms with Crippen molar-refractivity contribution >= 4 is 5.91 Å². The molecule has 1 aromatic heterocycles. The van der Waals surface area contributed by atoms with Crippen LogP contribution in [0.3, 0.4) is 0 Å². The zero-order valence-corrected chi connectivity index (χ0v) is 13.7. The van der Waals surface area contributed by atoms with E-state index in [0.29, 0.717) is 24.7 Å². The average Bonchev–Trinajstić information content (AvgIpc) is 3.26. The SMILES string of the molecule is O=C(NCCc1noc(C2CCCC2)n1)[C@H](O)C1CCCCC1. The summed E-state index contributed by atoms with van der Waals surface area (Å²) in [5.41, 5.74) is 0. The molecule has 0 bridgehead atoms. The molecule has 6 nitrogen and oxygen atoms in total. The van der Waals surface area contributed by atoms with Crippen molar-refractivity contribution in [2.45, 2.75) is 76.2 Å². The molecule has 2 aliphatic carbocycles. The van der Waals surface area contributed by atoms with E-state index in [2.05, 4.69) is 15.5 Å². The Kier molecular flexibility index (Phi) is 5.65. The lowest BCUT2D eigenvalue weighted by molar-refractivity contribution is -0.132. The monoisotopic (exact) mass is 321 g/mol. The molecule has 2 saturated carbocycles. The number of amides is 1. The second kappa shape index (κ2) is 7.90. The van der Waals surface area contributed by atoms with Gasteiger partial charge in [-0.25, -0.2) is 0 Å². The van der Waals surface area contributed by atoms with Crippen LogP contribution in [0.25, 0.3) is 0 Å². The van der Waals surface area contributed by atoms with Gasteiger partial charge < -0.3 is 14.9 Å². The first-order valence-electron chi connectivity index (χ1n) is 9.02. The lowest BCUT2D eigenvalue weighted by Crippen LogP contribution is -2.40. The molecule has 0 saturated heterocycles. The van der Waals surface area contributed by atoms with Crippen molar-refractivity contribution in [1.82, 2.24) is 15.5 Å². The zero-order valence-electron chi connectivity index (χ0n) is 13.7. The normalized spacial score (nSPS) is 21.4. The molecule has 128 valence electrons. The molecule has 1 heterocycles. The third-order valence-electron chi connectivity index (χ3n) is 5.20. The Labute approximate surface area is 137 Å². The van der Waals surface area contributed by atoms with Crippen molar-refractivity contribution < 1.29 is 14.4 Å². The van der Waals surface area contributed by atoms with E-state index in [1.807, 2.05) is 0 Å². The second-order valence-corrected chi connectivity index (χ2v) is 6.91. The van der Waals surface area contributed by atoms with Gasteiger partial charge in [0.15, 0.2) is 5.82 Å². The van der Waals surface area contributed by atoms with E-state index in [1.165, 1.54) is 19.3 Å². The molecule has 0 radical (unpaired) electrons. The minimum absolute atomic E-state index is 0.114. The highest BCUT2D eigenvalue weighted by molar-refractivity contribution is 5.80. The standard InChI is InChI=1S/C17H27N3O3/c21-15(12-6-2-1-3-7-12)16(22)18-11-10-14-19-17(23-20-14)13-8-4-5-9-13/h12-13,15,21H,1-11H2,(H,18,22)/t15-/m1/s1. The van der Waals surface area contributed by atoms with Gasteiger partial charge >= 0.3 is 0 Å². The van der Waals surface area contributed by atoms with Crippen LogP contribution >= 0.6 is 0 Å². The molecule has 3 rings (SSSR count). The van der Waals surface area contributed by atoms with Crippen molar-refractivity contribution in [3.8, 4) is 0 Å². The van der Waals surface area contributed by atoms with E-state index in [0.717, 1.165) is 44.4 Å². The molecule has 0 unspecified atom stereocenters. The van der Waals surface area contributed by atoms with Gasteiger partial charge in [-0.05, 0) is 31.6 Å². The van der Waals surface area contributed by atoms with E-state index in [1.54, 1.807) is 0 Å².